The van der Waals surface area contributed by atoms with Gasteiger partial charge in [-0.15, -0.1) is 0 Å². The summed E-state index contributed by atoms with van der Waals surface area (Å²) in [5.74, 6) is -0.584. The highest BCUT2D eigenvalue weighted by Crippen LogP contribution is 2.33. The van der Waals surface area contributed by atoms with Crippen LogP contribution in [0, 0.1) is 0 Å². The van der Waals surface area contributed by atoms with E-state index in [9.17, 15) is 14.4 Å². The molecule has 4 N–H and O–H groups in total. The lowest BCUT2D eigenvalue weighted by Gasteiger charge is -2.28. The van der Waals surface area contributed by atoms with Gasteiger partial charge in [-0.2, -0.15) is 0 Å². The number of halogens is 1. The Bertz CT molecular complexity index is 1070. The van der Waals surface area contributed by atoms with Crippen LogP contribution in [0.3, 0.4) is 0 Å². The summed E-state index contributed by atoms with van der Waals surface area (Å²) in [7, 11) is 0. The van der Waals surface area contributed by atoms with Gasteiger partial charge in [0.15, 0.2) is 0 Å². The average Bonchev–Trinajstić information content (AvgIpc) is 3.25. The number of pyridine rings is 1. The van der Waals surface area contributed by atoms with Crippen molar-refractivity contribution in [3.63, 3.8) is 0 Å². The molecule has 10 heteroatoms. The number of nitrogens with one attached hydrogen (secondary N) is 2. The van der Waals surface area contributed by atoms with E-state index < -0.39 is 35.6 Å². The summed E-state index contributed by atoms with van der Waals surface area (Å²) in [6, 6.07) is 9.74. The summed E-state index contributed by atoms with van der Waals surface area (Å²) in [5.41, 5.74) is 6.73. The van der Waals surface area contributed by atoms with Gasteiger partial charge in [0.2, 0.25) is 11.8 Å². The van der Waals surface area contributed by atoms with Gasteiger partial charge in [-0.3, -0.25) is 14.5 Å². The maximum absolute atomic E-state index is 13.2. The van der Waals surface area contributed by atoms with E-state index in [0.717, 1.165) is 5.56 Å². The molecule has 0 aliphatic carbocycles. The van der Waals surface area contributed by atoms with Crippen molar-refractivity contribution in [2.75, 3.05) is 12.3 Å². The molecule has 1 fully saturated rings. The quantitative estimate of drug-likeness (QED) is 0.557. The summed E-state index contributed by atoms with van der Waals surface area (Å²) in [5, 5.41) is 5.86. The Morgan fingerprint density at radius 1 is 1.26 bits per heavy atom. The molecule has 0 radical (unpaired) electrons. The van der Waals surface area contributed by atoms with Gasteiger partial charge >= 0.3 is 6.09 Å². The SMILES string of the molecule is C[C@H](NC(=O)[C@H]1C[C@H](c2ccccc2)CN1C(=O)OC(C)(C)C)C(=O)NCc1cc(Cl)cnc1N. The maximum Gasteiger partial charge on any atom is 0.410 e. The second-order valence-corrected chi connectivity index (χ2v) is 10.1. The van der Waals surface area contributed by atoms with Gasteiger partial charge in [0.1, 0.15) is 23.5 Å². The highest BCUT2D eigenvalue weighted by molar-refractivity contribution is 6.30. The smallest absolute Gasteiger partial charge is 0.410 e. The molecule has 1 aliphatic heterocycles. The molecule has 0 unspecified atom stereocenters. The molecule has 0 spiro atoms. The maximum atomic E-state index is 13.2. The Balaban J connectivity index is 1.67. The fourth-order valence-corrected chi connectivity index (χ4v) is 4.10. The van der Waals surface area contributed by atoms with Gasteiger partial charge < -0.3 is 21.1 Å². The lowest BCUT2D eigenvalue weighted by atomic mass is 9.96. The molecule has 3 rings (SSSR count). The first-order chi connectivity index (χ1) is 16.4. The number of nitrogens with two attached hydrogens (primary N) is 1. The molecule has 2 heterocycles. The summed E-state index contributed by atoms with van der Waals surface area (Å²) in [6.45, 7) is 7.37. The number of nitrogen functional groups attached to an aromatic ring is 1. The van der Waals surface area contributed by atoms with E-state index in [0.29, 0.717) is 23.6 Å². The van der Waals surface area contributed by atoms with Crippen LogP contribution in [-0.4, -0.2) is 52.0 Å². The van der Waals surface area contributed by atoms with E-state index in [1.165, 1.54) is 11.1 Å². The minimum absolute atomic E-state index is 0.0260. The zero-order valence-corrected chi connectivity index (χ0v) is 21.1. The number of likely N-dealkylation sites (tertiary alicyclic amines) is 1. The van der Waals surface area contributed by atoms with Crippen LogP contribution in [0.5, 0.6) is 0 Å². The zero-order valence-electron chi connectivity index (χ0n) is 20.4. The highest BCUT2D eigenvalue weighted by Gasteiger charge is 2.42. The number of rotatable bonds is 6. The number of hydrogen-bond acceptors (Lipinski definition) is 6. The minimum atomic E-state index is -0.841. The third kappa shape index (κ3) is 7.08. The van der Waals surface area contributed by atoms with Gasteiger partial charge in [0.05, 0.1) is 5.02 Å². The molecule has 1 saturated heterocycles. The number of carbonyl (C=O) groups is 3. The molecule has 35 heavy (non-hydrogen) atoms. The number of nitrogens with zero attached hydrogens (tertiary/aromatic N) is 2. The topological polar surface area (TPSA) is 127 Å². The van der Waals surface area contributed by atoms with Gasteiger partial charge in [-0.05, 0) is 45.7 Å². The summed E-state index contributed by atoms with van der Waals surface area (Å²) >= 11 is 5.94. The molecule has 9 nitrogen and oxygen atoms in total. The highest BCUT2D eigenvalue weighted by atomic mass is 35.5. The molecule has 188 valence electrons. The van der Waals surface area contributed by atoms with Crippen molar-refractivity contribution >= 4 is 35.3 Å². The van der Waals surface area contributed by atoms with E-state index in [1.54, 1.807) is 33.8 Å². The molecule has 1 aromatic carbocycles. The van der Waals surface area contributed by atoms with Crippen LogP contribution in [0.25, 0.3) is 0 Å². The van der Waals surface area contributed by atoms with Gasteiger partial charge in [-0.25, -0.2) is 9.78 Å². The first kappa shape index (κ1) is 26.3. The molecule has 0 saturated carbocycles. The lowest BCUT2D eigenvalue weighted by Crippen LogP contribution is -2.52. The Kier molecular flexibility index (Phi) is 8.22. The number of anilines is 1. The van der Waals surface area contributed by atoms with Crippen molar-refractivity contribution in [3.05, 3.63) is 58.7 Å². The first-order valence-corrected chi connectivity index (χ1v) is 11.8. The van der Waals surface area contributed by atoms with Crippen LogP contribution in [0.2, 0.25) is 5.02 Å². The summed E-state index contributed by atoms with van der Waals surface area (Å²) in [4.78, 5) is 44.1. The average molecular weight is 502 g/mol. The van der Waals surface area contributed by atoms with Gasteiger partial charge in [0, 0.05) is 30.8 Å². The van der Waals surface area contributed by atoms with Crippen molar-refractivity contribution in [1.29, 1.82) is 0 Å². The molecule has 3 amide bonds. The third-order valence-electron chi connectivity index (χ3n) is 5.68. The second kappa shape index (κ2) is 10.9. The molecule has 0 bridgehead atoms. The van der Waals surface area contributed by atoms with Crippen LogP contribution in [0.15, 0.2) is 42.6 Å². The Hall–Kier alpha value is -3.33. The standard InChI is InChI=1S/C25H32ClN5O4/c1-15(22(32)29-12-17-10-19(26)13-28-21(17)27)30-23(33)20-11-18(16-8-6-5-7-9-16)14-31(20)24(34)35-25(2,3)4/h5-10,13,15,18,20H,11-12,14H2,1-4H3,(H2,27,28)(H,29,32)(H,30,33)/t15-,18-,20+/m0/s1. The van der Waals surface area contributed by atoms with Crippen molar-refractivity contribution in [1.82, 2.24) is 20.5 Å². The fraction of sp³-hybridized carbons (Fsp3) is 0.440. The summed E-state index contributed by atoms with van der Waals surface area (Å²) < 4.78 is 5.55. The number of hydrogen-bond donors (Lipinski definition) is 3. The fourth-order valence-electron chi connectivity index (χ4n) is 3.92. The Morgan fingerprint density at radius 3 is 2.60 bits per heavy atom. The minimum Gasteiger partial charge on any atom is -0.444 e. The van der Waals surface area contributed by atoms with Gasteiger partial charge in [0.25, 0.3) is 0 Å². The molecule has 3 atom stereocenters. The van der Waals surface area contributed by atoms with Crippen molar-refractivity contribution in [3.8, 4) is 0 Å². The van der Waals surface area contributed by atoms with E-state index >= 15 is 0 Å². The predicted octanol–water partition coefficient (Wildman–Crippen LogP) is 3.23. The molecular formula is C25H32ClN5O4. The lowest BCUT2D eigenvalue weighted by molar-refractivity contribution is -0.131. The molecular weight excluding hydrogens is 470 g/mol. The Morgan fingerprint density at radius 2 is 1.94 bits per heavy atom. The van der Waals surface area contributed by atoms with E-state index in [2.05, 4.69) is 15.6 Å². The van der Waals surface area contributed by atoms with E-state index in [1.807, 2.05) is 30.3 Å². The zero-order chi connectivity index (χ0) is 25.8. The van der Waals surface area contributed by atoms with Crippen LogP contribution >= 0.6 is 11.6 Å². The number of benzene rings is 1. The largest absolute Gasteiger partial charge is 0.444 e. The number of carbonyl (C=O) groups excluding carboxylic acids is 3. The third-order valence-corrected chi connectivity index (χ3v) is 5.88. The number of ether oxygens (including phenoxy) is 1. The summed E-state index contributed by atoms with van der Waals surface area (Å²) in [6.07, 6.45) is 1.29. The molecule has 1 aromatic heterocycles. The molecule has 2 aromatic rings. The first-order valence-electron chi connectivity index (χ1n) is 11.5. The van der Waals surface area contributed by atoms with Gasteiger partial charge in [-0.1, -0.05) is 41.9 Å². The predicted molar refractivity (Wildman–Crippen MR) is 134 cm³/mol. The normalized spacial score (nSPS) is 18.6. The van der Waals surface area contributed by atoms with Crippen molar-refractivity contribution in [2.24, 2.45) is 0 Å². The Labute approximate surface area is 210 Å². The van der Waals surface area contributed by atoms with Crippen molar-refractivity contribution < 1.29 is 19.1 Å². The van der Waals surface area contributed by atoms with Crippen molar-refractivity contribution in [2.45, 2.75) is 64.3 Å². The van der Waals surface area contributed by atoms with Crippen LogP contribution in [0.1, 0.15) is 51.2 Å². The molecule has 1 aliphatic rings. The number of amides is 3. The second-order valence-electron chi connectivity index (χ2n) is 9.64. The monoisotopic (exact) mass is 501 g/mol. The van der Waals surface area contributed by atoms with Crippen LogP contribution < -0.4 is 16.4 Å². The van der Waals surface area contributed by atoms with Crippen LogP contribution in [0.4, 0.5) is 10.6 Å². The number of aromatic nitrogens is 1. The van der Waals surface area contributed by atoms with Crippen LogP contribution in [-0.2, 0) is 20.9 Å². The van der Waals surface area contributed by atoms with E-state index in [4.69, 9.17) is 22.1 Å². The van der Waals surface area contributed by atoms with E-state index in [-0.39, 0.29) is 18.3 Å².